The first-order valence-corrected chi connectivity index (χ1v) is 18.4. The van der Waals surface area contributed by atoms with Crippen LogP contribution in [0.25, 0.3) is 0 Å². The van der Waals surface area contributed by atoms with Crippen molar-refractivity contribution < 1.29 is 56.3 Å². The summed E-state index contributed by atoms with van der Waals surface area (Å²) in [5.74, 6) is 0.960. The van der Waals surface area contributed by atoms with Crippen LogP contribution in [0, 0.1) is 11.8 Å². The van der Waals surface area contributed by atoms with Crippen molar-refractivity contribution in [3.8, 4) is 17.2 Å². The Bertz CT molecular complexity index is 1580. The molecule has 2 aromatic rings. The van der Waals surface area contributed by atoms with Gasteiger partial charge in [-0.05, 0) is 48.6 Å². The van der Waals surface area contributed by atoms with Gasteiger partial charge in [0, 0.05) is 32.2 Å². The maximum Gasteiger partial charge on any atom is 0.407 e. The van der Waals surface area contributed by atoms with Crippen molar-refractivity contribution in [2.24, 2.45) is 11.8 Å². The summed E-state index contributed by atoms with van der Waals surface area (Å²) in [4.78, 5) is 27.5. The van der Waals surface area contributed by atoms with Gasteiger partial charge >= 0.3 is 6.09 Å². The molecule has 2 N–H and O–H groups in total. The minimum Gasteiger partial charge on any atom is -0.484 e. The molecule has 0 unspecified atom stereocenters. The molecule has 16 heteroatoms. The Morgan fingerprint density at radius 3 is 2.54 bits per heavy atom. The van der Waals surface area contributed by atoms with Crippen molar-refractivity contribution in [3.63, 3.8) is 0 Å². The number of aliphatic hydroxyl groups is 1. The minimum atomic E-state index is -4.09. The third-order valence-electron chi connectivity index (χ3n) is 9.06. The van der Waals surface area contributed by atoms with Crippen LogP contribution in [0.15, 0.2) is 47.4 Å². The highest BCUT2D eigenvalue weighted by atomic mass is 32.2. The predicted octanol–water partition coefficient (Wildman–Crippen LogP) is 1.76. The molecule has 3 fully saturated rings. The van der Waals surface area contributed by atoms with E-state index in [0.29, 0.717) is 56.6 Å². The summed E-state index contributed by atoms with van der Waals surface area (Å²) in [7, 11) is -4.09. The lowest BCUT2D eigenvalue weighted by Crippen LogP contribution is -2.51. The molecular formula is C34H45N3O12S. The monoisotopic (exact) mass is 719 g/mol. The van der Waals surface area contributed by atoms with Gasteiger partial charge in [0.05, 0.1) is 49.4 Å². The van der Waals surface area contributed by atoms with E-state index in [2.05, 4.69) is 5.32 Å². The summed E-state index contributed by atoms with van der Waals surface area (Å²) >= 11 is 0. The predicted molar refractivity (Wildman–Crippen MR) is 176 cm³/mol. The van der Waals surface area contributed by atoms with Gasteiger partial charge in [0.1, 0.15) is 11.9 Å². The van der Waals surface area contributed by atoms with E-state index in [0.717, 1.165) is 5.56 Å². The molecule has 0 aromatic heterocycles. The minimum absolute atomic E-state index is 0.00220. The van der Waals surface area contributed by atoms with Gasteiger partial charge in [-0.15, -0.1) is 0 Å². The number of hydrogen-bond donors (Lipinski definition) is 2. The second-order valence-corrected chi connectivity index (χ2v) is 15.1. The van der Waals surface area contributed by atoms with Crippen molar-refractivity contribution >= 4 is 22.0 Å². The molecule has 15 nitrogen and oxygen atoms in total. The third kappa shape index (κ3) is 8.79. The summed E-state index contributed by atoms with van der Waals surface area (Å²) in [6.07, 6.45) is -2.19. The normalized spacial score (nSPS) is 22.7. The molecule has 0 aliphatic carbocycles. The zero-order chi connectivity index (χ0) is 35.3. The number of hydrogen-bond acceptors (Lipinski definition) is 12. The number of alkyl carbamates (subject to hydrolysis) is 1. The molecule has 3 saturated heterocycles. The lowest BCUT2D eigenvalue weighted by Gasteiger charge is -2.31. The summed E-state index contributed by atoms with van der Waals surface area (Å²) in [6.45, 7) is 6.20. The third-order valence-corrected chi connectivity index (χ3v) is 10.9. The molecule has 6 rings (SSSR count). The average molecular weight is 720 g/mol. The van der Waals surface area contributed by atoms with Crippen molar-refractivity contribution in [3.05, 3.63) is 48.0 Å². The number of rotatable bonds is 14. The Labute approximate surface area is 291 Å². The zero-order valence-corrected chi connectivity index (χ0v) is 29.0. The van der Waals surface area contributed by atoms with Gasteiger partial charge in [-0.1, -0.05) is 26.0 Å². The van der Waals surface area contributed by atoms with Crippen molar-refractivity contribution in [2.75, 3.05) is 66.0 Å². The van der Waals surface area contributed by atoms with Gasteiger partial charge in [0.2, 0.25) is 16.8 Å². The Balaban J connectivity index is 1.16. The number of benzene rings is 2. The molecule has 274 valence electrons. The number of nitrogens with one attached hydrogen (secondary N) is 1. The molecular weight excluding hydrogens is 674 g/mol. The van der Waals surface area contributed by atoms with Crippen LogP contribution in [-0.2, 0) is 40.2 Å². The van der Waals surface area contributed by atoms with Crippen molar-refractivity contribution in [1.82, 2.24) is 14.5 Å². The van der Waals surface area contributed by atoms with Crippen LogP contribution < -0.4 is 19.5 Å². The first kappa shape index (κ1) is 36.1. The molecule has 4 heterocycles. The molecule has 0 saturated carbocycles. The molecule has 5 atom stereocenters. The number of carbonyl (C=O) groups excluding carboxylic acids is 2. The van der Waals surface area contributed by atoms with Crippen molar-refractivity contribution in [1.29, 1.82) is 0 Å². The van der Waals surface area contributed by atoms with Crippen LogP contribution in [-0.4, -0.2) is 125 Å². The molecule has 0 spiro atoms. The average Bonchev–Trinajstić information content (AvgIpc) is 3.86. The largest absolute Gasteiger partial charge is 0.484 e. The van der Waals surface area contributed by atoms with Gasteiger partial charge < -0.3 is 48.5 Å². The van der Waals surface area contributed by atoms with Crippen LogP contribution in [0.1, 0.15) is 25.8 Å². The molecule has 2 amide bonds. The lowest BCUT2D eigenvalue weighted by molar-refractivity contribution is -0.137. The highest BCUT2D eigenvalue weighted by Gasteiger charge is 2.44. The first-order chi connectivity index (χ1) is 24.1. The Morgan fingerprint density at radius 1 is 1.02 bits per heavy atom. The number of sulfonamides is 1. The highest BCUT2D eigenvalue weighted by molar-refractivity contribution is 7.89. The molecule has 4 aliphatic rings. The topological polar surface area (TPSA) is 172 Å². The molecule has 50 heavy (non-hydrogen) atoms. The smallest absolute Gasteiger partial charge is 0.407 e. The van der Waals surface area contributed by atoms with Crippen LogP contribution >= 0.6 is 0 Å². The number of fused-ring (bicyclic) bond motifs is 2. The maximum atomic E-state index is 13.9. The van der Waals surface area contributed by atoms with E-state index in [-0.39, 0.29) is 62.2 Å². The maximum absolute atomic E-state index is 13.9. The van der Waals surface area contributed by atoms with Crippen molar-refractivity contribution in [2.45, 2.75) is 56.1 Å². The second kappa shape index (κ2) is 16.1. The van der Waals surface area contributed by atoms with Gasteiger partial charge in [-0.25, -0.2) is 13.2 Å². The molecule has 0 radical (unpaired) electrons. The van der Waals surface area contributed by atoms with Gasteiger partial charge in [-0.2, -0.15) is 4.31 Å². The Hall–Kier alpha value is -3.67. The zero-order valence-electron chi connectivity index (χ0n) is 28.2. The van der Waals surface area contributed by atoms with Crippen LogP contribution in [0.2, 0.25) is 0 Å². The van der Waals surface area contributed by atoms with E-state index < -0.39 is 40.7 Å². The fourth-order valence-electron chi connectivity index (χ4n) is 6.38. The number of aliphatic hydroxyl groups excluding tert-OH is 1. The number of morpholine rings is 1. The number of ether oxygens (including phenoxy) is 7. The molecule has 4 aliphatic heterocycles. The fourth-order valence-corrected chi connectivity index (χ4v) is 8.02. The van der Waals surface area contributed by atoms with Crippen LogP contribution in [0.4, 0.5) is 4.79 Å². The summed E-state index contributed by atoms with van der Waals surface area (Å²) in [5.41, 5.74) is 0.726. The SMILES string of the molecule is CC(C)CN(C[C@@H](O)[C@H](Cc1ccc(OCC(=O)N2CCOCC2)cc1)NC(=O)O[C@H]1CO[C@H]2OCC[C@H]21)S(=O)(=O)c1ccc2c(c1)OCO2. The summed E-state index contributed by atoms with van der Waals surface area (Å²) in [5, 5.41) is 14.5. The first-order valence-electron chi connectivity index (χ1n) is 16.9. The van der Waals surface area contributed by atoms with E-state index in [1.165, 1.54) is 22.5 Å². The summed E-state index contributed by atoms with van der Waals surface area (Å²) < 4.78 is 67.7. The van der Waals surface area contributed by atoms with E-state index in [1.807, 2.05) is 13.8 Å². The fraction of sp³-hybridized carbons (Fsp3) is 0.588. The lowest BCUT2D eigenvalue weighted by atomic mass is 10.0. The van der Waals surface area contributed by atoms with E-state index in [4.69, 9.17) is 33.2 Å². The van der Waals surface area contributed by atoms with E-state index in [9.17, 15) is 23.1 Å². The van der Waals surface area contributed by atoms with Crippen LogP contribution in [0.3, 0.4) is 0 Å². The number of amides is 2. The standard InChI is InChI=1S/C34H45N3O12S/c1-22(2)17-37(50(41,42)25-7-8-29-30(16-25)48-21-47-29)18-28(38)27(35-34(40)49-31-19-46-33-26(31)9-12-44-33)15-23-3-5-24(6-4-23)45-20-32(39)36-10-13-43-14-11-36/h3-8,16,22,26-28,31,33,38H,9-15,17-21H2,1-2H3,(H,35,40)/t26-,27-,28+,31-,33+/m0/s1. The van der Waals surface area contributed by atoms with E-state index in [1.54, 1.807) is 29.2 Å². The number of carbonyl (C=O) groups is 2. The van der Waals surface area contributed by atoms with Crippen LogP contribution in [0.5, 0.6) is 17.2 Å². The summed E-state index contributed by atoms with van der Waals surface area (Å²) in [6, 6.07) is 10.4. The Morgan fingerprint density at radius 2 is 1.78 bits per heavy atom. The highest BCUT2D eigenvalue weighted by Crippen LogP contribution is 2.35. The quantitative estimate of drug-likeness (QED) is 0.291. The van der Waals surface area contributed by atoms with E-state index >= 15 is 0 Å². The Kier molecular flexibility index (Phi) is 11.7. The van der Waals surface area contributed by atoms with Gasteiger partial charge in [-0.3, -0.25) is 4.79 Å². The number of nitrogens with zero attached hydrogens (tertiary/aromatic N) is 2. The van der Waals surface area contributed by atoms with Gasteiger partial charge in [0.25, 0.3) is 5.91 Å². The van der Waals surface area contributed by atoms with Gasteiger partial charge in [0.15, 0.2) is 24.4 Å². The second-order valence-electron chi connectivity index (χ2n) is 13.1. The molecule has 0 bridgehead atoms. The molecule has 2 aromatic carbocycles.